The maximum atomic E-state index is 13.2. The van der Waals surface area contributed by atoms with E-state index in [1.165, 1.54) is 0 Å². The van der Waals surface area contributed by atoms with Crippen LogP contribution in [0.15, 0.2) is 17.2 Å². The summed E-state index contributed by atoms with van der Waals surface area (Å²) in [5.74, 6) is 0.768. The Balaban J connectivity index is 1.54. The van der Waals surface area contributed by atoms with E-state index in [4.69, 9.17) is 4.98 Å². The summed E-state index contributed by atoms with van der Waals surface area (Å²) in [6, 6.07) is 0.296. The zero-order valence-electron chi connectivity index (χ0n) is 17.6. The van der Waals surface area contributed by atoms with Crippen LogP contribution in [0.5, 0.6) is 0 Å². The third-order valence-corrected chi connectivity index (χ3v) is 7.01. The first kappa shape index (κ1) is 19.8. The summed E-state index contributed by atoms with van der Waals surface area (Å²) in [5, 5.41) is 5.02. The minimum Gasteiger partial charge on any atom is -0.338 e. The summed E-state index contributed by atoms with van der Waals surface area (Å²) in [6.45, 7) is 11.3. The predicted molar refractivity (Wildman–Crippen MR) is 115 cm³/mol. The van der Waals surface area contributed by atoms with E-state index >= 15 is 0 Å². The minimum atomic E-state index is 0.0114. The number of likely N-dealkylation sites (tertiary alicyclic amines) is 1. The average Bonchev–Trinajstić information content (AvgIpc) is 3.27. The Hall–Kier alpha value is -2.48. The molecular weight excluding hydrogens is 386 g/mol. The van der Waals surface area contributed by atoms with Gasteiger partial charge >= 0.3 is 0 Å². The van der Waals surface area contributed by atoms with Gasteiger partial charge in [-0.05, 0) is 53.0 Å². The maximum Gasteiger partial charge on any atom is 0.262 e. The summed E-state index contributed by atoms with van der Waals surface area (Å²) >= 11 is 1.58. The molecule has 7 nitrogen and oxygen atoms in total. The molecule has 0 aromatic carbocycles. The van der Waals surface area contributed by atoms with Crippen molar-refractivity contribution >= 4 is 27.5 Å². The number of hydrogen-bond acceptors (Lipinski definition) is 5. The smallest absolute Gasteiger partial charge is 0.262 e. The second kappa shape index (κ2) is 7.40. The highest BCUT2D eigenvalue weighted by Crippen LogP contribution is 2.29. The zero-order chi connectivity index (χ0) is 20.9. The highest BCUT2D eigenvalue weighted by atomic mass is 32.1. The van der Waals surface area contributed by atoms with E-state index in [0.717, 1.165) is 39.3 Å². The van der Waals surface area contributed by atoms with Crippen molar-refractivity contribution in [2.45, 2.75) is 59.5 Å². The molecule has 1 aliphatic rings. The van der Waals surface area contributed by atoms with Crippen molar-refractivity contribution in [3.63, 3.8) is 0 Å². The molecule has 0 spiro atoms. The van der Waals surface area contributed by atoms with Gasteiger partial charge in [0.15, 0.2) is 0 Å². The molecule has 0 unspecified atom stereocenters. The molecule has 0 radical (unpaired) electrons. The molecule has 0 atom stereocenters. The second-order valence-corrected chi connectivity index (χ2v) is 9.33. The van der Waals surface area contributed by atoms with E-state index in [1.807, 2.05) is 50.3 Å². The van der Waals surface area contributed by atoms with Gasteiger partial charge in [0.1, 0.15) is 10.7 Å². The molecule has 3 aromatic heterocycles. The first-order valence-electron chi connectivity index (χ1n) is 10.1. The number of nitrogens with zero attached hydrogens (tertiary/aromatic N) is 5. The number of rotatable bonds is 3. The van der Waals surface area contributed by atoms with Gasteiger partial charge in [-0.3, -0.25) is 18.8 Å². The van der Waals surface area contributed by atoms with Crippen LogP contribution < -0.4 is 5.56 Å². The van der Waals surface area contributed by atoms with Crippen molar-refractivity contribution < 1.29 is 4.79 Å². The van der Waals surface area contributed by atoms with Gasteiger partial charge in [0, 0.05) is 36.2 Å². The number of aromatic nitrogens is 4. The van der Waals surface area contributed by atoms with Gasteiger partial charge in [0.25, 0.3) is 11.5 Å². The Morgan fingerprint density at radius 3 is 2.52 bits per heavy atom. The Morgan fingerprint density at radius 1 is 1.21 bits per heavy atom. The molecule has 1 amide bonds. The van der Waals surface area contributed by atoms with Crippen LogP contribution in [0, 0.1) is 20.8 Å². The standard InChI is InChI=1S/C21H27N5O2S/c1-12(2)25-11-16(10-22-25)20(27)24-8-6-17(7-9-24)26-15(5)23-19-18(21(26)28)13(3)14(4)29-19/h10-12,17H,6-9H2,1-5H3. The Bertz CT molecular complexity index is 1130. The van der Waals surface area contributed by atoms with Crippen molar-refractivity contribution in [2.24, 2.45) is 0 Å². The molecule has 0 N–H and O–H groups in total. The van der Waals surface area contributed by atoms with Gasteiger partial charge in [-0.25, -0.2) is 4.98 Å². The van der Waals surface area contributed by atoms with Crippen LogP contribution in [0.4, 0.5) is 0 Å². The molecule has 4 heterocycles. The van der Waals surface area contributed by atoms with Crippen LogP contribution >= 0.6 is 11.3 Å². The van der Waals surface area contributed by atoms with Gasteiger partial charge in [-0.1, -0.05) is 0 Å². The Labute approximate surface area is 174 Å². The number of aryl methyl sites for hydroxylation is 3. The average molecular weight is 414 g/mol. The van der Waals surface area contributed by atoms with E-state index in [1.54, 1.807) is 22.2 Å². The molecule has 154 valence electrons. The number of fused-ring (bicyclic) bond motifs is 1. The lowest BCUT2D eigenvalue weighted by atomic mass is 10.0. The minimum absolute atomic E-state index is 0.0114. The summed E-state index contributed by atoms with van der Waals surface area (Å²) in [4.78, 5) is 34.6. The van der Waals surface area contributed by atoms with Crippen molar-refractivity contribution in [3.8, 4) is 0 Å². The molecule has 4 rings (SSSR count). The first-order valence-corrected chi connectivity index (χ1v) is 10.9. The van der Waals surface area contributed by atoms with Crippen molar-refractivity contribution in [3.05, 3.63) is 44.6 Å². The van der Waals surface area contributed by atoms with Crippen LogP contribution in [-0.4, -0.2) is 43.2 Å². The van der Waals surface area contributed by atoms with Crippen LogP contribution in [0.3, 0.4) is 0 Å². The summed E-state index contributed by atoms with van der Waals surface area (Å²) in [7, 11) is 0. The monoisotopic (exact) mass is 413 g/mol. The lowest BCUT2D eigenvalue weighted by Gasteiger charge is -2.33. The summed E-state index contributed by atoms with van der Waals surface area (Å²) in [6.07, 6.45) is 4.95. The fraction of sp³-hybridized carbons (Fsp3) is 0.524. The fourth-order valence-corrected chi connectivity index (χ4v) is 5.14. The number of hydrogen-bond donors (Lipinski definition) is 0. The normalized spacial score (nSPS) is 15.6. The molecule has 1 saturated heterocycles. The van der Waals surface area contributed by atoms with Crippen LogP contribution in [0.2, 0.25) is 0 Å². The fourth-order valence-electron chi connectivity index (χ4n) is 4.08. The Kier molecular flexibility index (Phi) is 5.06. The highest BCUT2D eigenvalue weighted by molar-refractivity contribution is 7.18. The van der Waals surface area contributed by atoms with Crippen molar-refractivity contribution in [1.29, 1.82) is 0 Å². The van der Waals surface area contributed by atoms with E-state index < -0.39 is 0 Å². The van der Waals surface area contributed by atoms with E-state index in [2.05, 4.69) is 5.10 Å². The molecule has 0 aliphatic carbocycles. The van der Waals surface area contributed by atoms with Crippen LogP contribution in [-0.2, 0) is 0 Å². The highest BCUT2D eigenvalue weighted by Gasteiger charge is 2.28. The molecule has 0 bridgehead atoms. The molecule has 3 aromatic rings. The van der Waals surface area contributed by atoms with E-state index in [0.29, 0.717) is 18.7 Å². The lowest BCUT2D eigenvalue weighted by Crippen LogP contribution is -2.41. The number of thiophene rings is 1. The largest absolute Gasteiger partial charge is 0.338 e. The molecule has 8 heteroatoms. The van der Waals surface area contributed by atoms with Crippen LogP contribution in [0.1, 0.15) is 65.4 Å². The second-order valence-electron chi connectivity index (χ2n) is 8.12. The topological polar surface area (TPSA) is 73.0 Å². The molecule has 0 saturated carbocycles. The van der Waals surface area contributed by atoms with E-state index in [-0.39, 0.29) is 23.6 Å². The first-order chi connectivity index (χ1) is 13.8. The van der Waals surface area contributed by atoms with Gasteiger partial charge in [0.2, 0.25) is 0 Å². The van der Waals surface area contributed by atoms with Gasteiger partial charge in [-0.2, -0.15) is 5.10 Å². The quantitative estimate of drug-likeness (QED) is 0.657. The van der Waals surface area contributed by atoms with Gasteiger partial charge in [-0.15, -0.1) is 11.3 Å². The van der Waals surface area contributed by atoms with Gasteiger partial charge in [0.05, 0.1) is 17.1 Å². The Morgan fingerprint density at radius 2 is 1.90 bits per heavy atom. The van der Waals surface area contributed by atoms with Crippen molar-refractivity contribution in [1.82, 2.24) is 24.2 Å². The number of amides is 1. The molecular formula is C21H27N5O2S. The summed E-state index contributed by atoms with van der Waals surface area (Å²) in [5.41, 5.74) is 1.71. The third-order valence-electron chi connectivity index (χ3n) is 5.91. The SMILES string of the molecule is Cc1sc2nc(C)n(C3CCN(C(=O)c4cnn(C(C)C)c4)CC3)c(=O)c2c1C. The number of piperidine rings is 1. The number of carbonyl (C=O) groups excluding carboxylic acids is 1. The predicted octanol–water partition coefficient (Wildman–Crippen LogP) is 3.64. The lowest BCUT2D eigenvalue weighted by molar-refractivity contribution is 0.0692. The van der Waals surface area contributed by atoms with Gasteiger partial charge < -0.3 is 4.90 Å². The third kappa shape index (κ3) is 3.39. The molecule has 29 heavy (non-hydrogen) atoms. The maximum absolute atomic E-state index is 13.2. The van der Waals surface area contributed by atoms with E-state index in [9.17, 15) is 9.59 Å². The molecule has 1 aliphatic heterocycles. The summed E-state index contributed by atoms with van der Waals surface area (Å²) < 4.78 is 3.65. The molecule has 1 fully saturated rings. The van der Waals surface area contributed by atoms with Crippen molar-refractivity contribution in [2.75, 3.05) is 13.1 Å². The van der Waals surface area contributed by atoms with Crippen LogP contribution in [0.25, 0.3) is 10.2 Å². The number of carbonyl (C=O) groups is 1. The zero-order valence-corrected chi connectivity index (χ0v) is 18.4.